The standard InChI is InChI=1S/C41H50N4O5/c1-2-6-25(46)18-27(48)19-26(47)14-12-24-13-15-36(49)37(17-24)50-23-45-21-30-33(20-43-35(30)22-45)41-16-5-10-31(41)28-7-4-11-34-39(28)38-29(40(42)44-34)8-3-9-32(38)41/h3,8-9,13,15,17,20-21,25,27-28,31,40,44,46,48-49H,2,4-7,10-12,14,16,18-19,22-23,42H2,1H3/p+1. The van der Waals surface area contributed by atoms with Crippen molar-refractivity contribution >= 4 is 17.1 Å². The quantitative estimate of drug-likeness (QED) is 0.184. The van der Waals surface area contributed by atoms with E-state index in [1.54, 1.807) is 12.1 Å². The summed E-state index contributed by atoms with van der Waals surface area (Å²) in [4.78, 5) is 18.7. The van der Waals surface area contributed by atoms with E-state index < -0.39 is 12.2 Å². The van der Waals surface area contributed by atoms with Crippen LogP contribution < -0.4 is 20.7 Å². The van der Waals surface area contributed by atoms with Crippen LogP contribution in [0.5, 0.6) is 11.5 Å². The van der Waals surface area contributed by atoms with Crippen molar-refractivity contribution in [1.82, 2.24) is 5.32 Å². The first-order valence-electron chi connectivity index (χ1n) is 18.8. The van der Waals surface area contributed by atoms with E-state index in [4.69, 9.17) is 15.5 Å². The van der Waals surface area contributed by atoms with Crippen LogP contribution in [0.4, 0.5) is 0 Å². The number of ketones is 1. The van der Waals surface area contributed by atoms with Gasteiger partial charge in [-0.25, -0.2) is 0 Å². The van der Waals surface area contributed by atoms with Crippen LogP contribution in [0.1, 0.15) is 106 Å². The van der Waals surface area contributed by atoms with Crippen molar-refractivity contribution in [3.63, 3.8) is 0 Å². The Morgan fingerprint density at radius 3 is 2.92 bits per heavy atom. The number of quaternary nitrogens is 1. The number of aromatic hydroxyl groups is 1. The number of nitrogens with two attached hydrogens (primary N) is 1. The zero-order valence-electron chi connectivity index (χ0n) is 29.1. The van der Waals surface area contributed by atoms with Gasteiger partial charge in [0.25, 0.3) is 0 Å². The first-order chi connectivity index (χ1) is 24.3. The van der Waals surface area contributed by atoms with E-state index in [1.807, 2.05) is 13.0 Å². The molecule has 7 N–H and O–H groups in total. The summed E-state index contributed by atoms with van der Waals surface area (Å²) in [7, 11) is 0. The van der Waals surface area contributed by atoms with Crippen molar-refractivity contribution in [2.75, 3.05) is 13.3 Å². The van der Waals surface area contributed by atoms with Gasteiger partial charge in [-0.05, 0) is 109 Å². The Morgan fingerprint density at radius 2 is 2.06 bits per heavy atom. The lowest BCUT2D eigenvalue weighted by molar-refractivity contribution is -0.851. The molecule has 1 fully saturated rings. The SMILES string of the molecule is CCCC(O)CC(O)CC(=O)CCc1ccc(O)c(OC[NH+]2C=C3C(C45CCCC4C4CCCC6=C4c4c(cccc45)C(N)N6)=CN=C3C2)c1. The summed E-state index contributed by atoms with van der Waals surface area (Å²) in [5, 5.41) is 34.5. The second kappa shape index (κ2) is 13.4. The van der Waals surface area contributed by atoms with Gasteiger partial charge < -0.3 is 31.1 Å². The van der Waals surface area contributed by atoms with Gasteiger partial charge in [0.2, 0.25) is 6.73 Å². The van der Waals surface area contributed by atoms with Gasteiger partial charge in [0.1, 0.15) is 30.4 Å². The van der Waals surface area contributed by atoms with Gasteiger partial charge in [-0.15, -0.1) is 0 Å². The van der Waals surface area contributed by atoms with E-state index in [9.17, 15) is 20.1 Å². The van der Waals surface area contributed by atoms with Crippen LogP contribution in [0.25, 0.3) is 5.57 Å². The third kappa shape index (κ3) is 5.72. The molecule has 3 aliphatic heterocycles. The van der Waals surface area contributed by atoms with Gasteiger partial charge >= 0.3 is 0 Å². The third-order valence-electron chi connectivity index (χ3n) is 12.3. The van der Waals surface area contributed by atoms with Crippen LogP contribution >= 0.6 is 0 Å². The minimum atomic E-state index is -0.833. The Kier molecular flexibility index (Phi) is 8.96. The predicted molar refractivity (Wildman–Crippen MR) is 192 cm³/mol. The molecule has 264 valence electrons. The number of hydrogen-bond donors (Lipinski definition) is 6. The number of rotatable bonds is 13. The summed E-state index contributed by atoms with van der Waals surface area (Å²) in [5.41, 5.74) is 18.2. The number of aryl methyl sites for hydroxylation is 1. The summed E-state index contributed by atoms with van der Waals surface area (Å²) < 4.78 is 6.22. The fraction of sp³-hybridized carbons (Fsp3) is 0.512. The Hall–Kier alpha value is -3.76. The van der Waals surface area contributed by atoms with Gasteiger partial charge in [0, 0.05) is 30.2 Å². The molecule has 3 heterocycles. The lowest BCUT2D eigenvalue weighted by Gasteiger charge is -2.52. The number of ether oxygens (including phenoxy) is 1. The summed E-state index contributed by atoms with van der Waals surface area (Å²) in [6.45, 7) is 3.05. The molecule has 7 atom stereocenters. The molecule has 9 nitrogen and oxygen atoms in total. The Bertz CT molecular complexity index is 1810. The lowest BCUT2D eigenvalue weighted by atomic mass is 9.52. The highest BCUT2D eigenvalue weighted by molar-refractivity contribution is 6.09. The summed E-state index contributed by atoms with van der Waals surface area (Å²) in [6.07, 6.45) is 12.4. The van der Waals surface area contributed by atoms with Crippen molar-refractivity contribution in [2.45, 2.75) is 108 Å². The lowest BCUT2D eigenvalue weighted by Crippen LogP contribution is -3.07. The Labute approximate surface area is 294 Å². The monoisotopic (exact) mass is 679 g/mol. The number of fused-ring (bicyclic) bond motifs is 4. The molecule has 0 radical (unpaired) electrons. The zero-order valence-corrected chi connectivity index (χ0v) is 29.1. The van der Waals surface area contributed by atoms with Gasteiger partial charge in [-0.1, -0.05) is 44.0 Å². The van der Waals surface area contributed by atoms with E-state index in [0.29, 0.717) is 37.2 Å². The summed E-state index contributed by atoms with van der Waals surface area (Å²) in [5.74, 6) is 1.49. The van der Waals surface area contributed by atoms with Crippen LogP contribution in [-0.2, 0) is 16.6 Å². The van der Waals surface area contributed by atoms with E-state index in [1.165, 1.54) is 64.8 Å². The number of aliphatic hydroxyl groups is 2. The normalized spacial score (nSPS) is 28.5. The number of phenols is 1. The number of phenolic OH excluding ortho intramolecular Hbond substituents is 1. The smallest absolute Gasteiger partial charge is 0.227 e. The minimum absolute atomic E-state index is 0.0363. The molecule has 0 bridgehead atoms. The van der Waals surface area contributed by atoms with Crippen LogP contribution in [0.15, 0.2) is 70.6 Å². The second-order valence-corrected chi connectivity index (χ2v) is 15.4. The molecular formula is C41H51N4O5+. The number of carbonyl (C=O) groups is 1. The highest BCUT2D eigenvalue weighted by atomic mass is 16.5. The fourth-order valence-corrected chi connectivity index (χ4v) is 10.2. The maximum atomic E-state index is 12.6. The number of aliphatic hydroxyl groups excluding tert-OH is 2. The number of Topliss-reactive ketones (excluding diaryl/α,β-unsaturated/α-hetero) is 1. The number of nitrogens with one attached hydrogen (secondary N) is 2. The topological polar surface area (TPSA) is 142 Å². The molecule has 1 saturated carbocycles. The Morgan fingerprint density at radius 1 is 1.18 bits per heavy atom. The highest BCUT2D eigenvalue weighted by Gasteiger charge is 2.58. The van der Waals surface area contributed by atoms with Crippen molar-refractivity contribution in [3.05, 3.63) is 87.9 Å². The molecule has 0 spiro atoms. The third-order valence-corrected chi connectivity index (χ3v) is 12.3. The number of carbonyl (C=O) groups excluding carboxylic acids is 1. The maximum absolute atomic E-state index is 12.6. The second-order valence-electron chi connectivity index (χ2n) is 15.4. The minimum Gasteiger partial charge on any atom is -0.504 e. The van der Waals surface area contributed by atoms with E-state index >= 15 is 0 Å². The van der Waals surface area contributed by atoms with Crippen molar-refractivity contribution < 1.29 is 29.8 Å². The van der Waals surface area contributed by atoms with Crippen LogP contribution in [0.2, 0.25) is 0 Å². The zero-order chi connectivity index (χ0) is 34.6. The molecule has 3 aliphatic carbocycles. The fourth-order valence-electron chi connectivity index (χ4n) is 10.2. The van der Waals surface area contributed by atoms with E-state index in [2.05, 4.69) is 35.9 Å². The van der Waals surface area contributed by atoms with E-state index in [-0.39, 0.29) is 42.4 Å². The first kappa shape index (κ1) is 33.4. The molecule has 6 aliphatic rings. The predicted octanol–water partition coefficient (Wildman–Crippen LogP) is 4.48. The van der Waals surface area contributed by atoms with Crippen LogP contribution in [0.3, 0.4) is 0 Å². The summed E-state index contributed by atoms with van der Waals surface area (Å²) >= 11 is 0. The summed E-state index contributed by atoms with van der Waals surface area (Å²) in [6, 6.07) is 12.0. The molecule has 50 heavy (non-hydrogen) atoms. The molecule has 0 aromatic heterocycles. The molecule has 0 amide bonds. The van der Waals surface area contributed by atoms with Crippen LogP contribution in [0, 0.1) is 11.8 Å². The van der Waals surface area contributed by atoms with Crippen LogP contribution in [-0.4, -0.2) is 52.3 Å². The molecule has 9 heteroatoms. The average molecular weight is 680 g/mol. The van der Waals surface area contributed by atoms with Gasteiger partial charge in [-0.2, -0.15) is 0 Å². The number of hydrogen-bond acceptors (Lipinski definition) is 8. The first-order valence-corrected chi connectivity index (χ1v) is 18.8. The maximum Gasteiger partial charge on any atom is 0.227 e. The number of benzene rings is 2. The molecule has 2 aromatic carbocycles. The number of nitrogens with zero attached hydrogens (tertiary/aromatic N) is 1. The molecule has 8 rings (SSSR count). The van der Waals surface area contributed by atoms with Gasteiger partial charge in [0.15, 0.2) is 11.5 Å². The van der Waals surface area contributed by atoms with Crippen molar-refractivity contribution in [3.8, 4) is 11.5 Å². The van der Waals surface area contributed by atoms with Gasteiger partial charge in [-0.3, -0.25) is 14.7 Å². The molecule has 0 saturated heterocycles. The van der Waals surface area contributed by atoms with Crippen molar-refractivity contribution in [2.24, 2.45) is 22.6 Å². The molecular weight excluding hydrogens is 628 g/mol. The van der Waals surface area contributed by atoms with Gasteiger partial charge in [0.05, 0.1) is 17.8 Å². The molecule has 2 aromatic rings. The highest BCUT2D eigenvalue weighted by Crippen LogP contribution is 2.65. The number of allylic oxidation sites excluding steroid dienone is 3. The van der Waals surface area contributed by atoms with Crippen molar-refractivity contribution in [1.29, 1.82) is 0 Å². The van der Waals surface area contributed by atoms with E-state index in [0.717, 1.165) is 42.0 Å². The molecule has 7 unspecified atom stereocenters. The largest absolute Gasteiger partial charge is 0.504 e. The Balaban J connectivity index is 0.972. The number of aliphatic imine (C=N–C) groups is 1. The average Bonchev–Trinajstić information content (AvgIpc) is 3.82.